The van der Waals surface area contributed by atoms with Gasteiger partial charge in [-0.3, -0.25) is 9.79 Å². The summed E-state index contributed by atoms with van der Waals surface area (Å²) in [5.41, 5.74) is 5.07. The Morgan fingerprint density at radius 2 is 1.74 bits per heavy atom. The number of nitrogens with zero attached hydrogens (tertiary/aromatic N) is 1. The van der Waals surface area contributed by atoms with Gasteiger partial charge in [0.25, 0.3) is 0 Å². The Morgan fingerprint density at radius 3 is 2.43 bits per heavy atom. The summed E-state index contributed by atoms with van der Waals surface area (Å²) in [6.45, 7) is 7.02. The van der Waals surface area contributed by atoms with E-state index in [0.29, 0.717) is 24.3 Å². The highest BCUT2D eigenvalue weighted by atomic mass is 16.6. The molecule has 0 bridgehead atoms. The van der Waals surface area contributed by atoms with Crippen molar-refractivity contribution in [2.75, 3.05) is 13.2 Å². The van der Waals surface area contributed by atoms with Gasteiger partial charge >= 0.3 is 5.97 Å². The van der Waals surface area contributed by atoms with E-state index >= 15 is 0 Å². The quantitative estimate of drug-likeness (QED) is 0.510. The average molecular weight is 472 g/mol. The second kappa shape index (κ2) is 9.54. The maximum absolute atomic E-state index is 13.5. The van der Waals surface area contributed by atoms with Crippen molar-refractivity contribution < 1.29 is 19.1 Å². The minimum absolute atomic E-state index is 0.0526. The van der Waals surface area contributed by atoms with E-state index in [4.69, 9.17) is 14.5 Å². The van der Waals surface area contributed by atoms with Crippen molar-refractivity contribution in [2.45, 2.75) is 58.5 Å². The minimum Gasteiger partial charge on any atom is -0.460 e. The van der Waals surface area contributed by atoms with Crippen LogP contribution in [0.15, 0.2) is 70.9 Å². The number of fused-ring (bicyclic) bond motifs is 1. The molecule has 2 fully saturated rings. The number of carbonyl (C=O) groups excluding carboxylic acids is 2. The fourth-order valence-corrected chi connectivity index (χ4v) is 5.75. The van der Waals surface area contributed by atoms with E-state index in [2.05, 4.69) is 38.1 Å². The maximum atomic E-state index is 13.5. The molecule has 2 aromatic carbocycles. The molecule has 3 atom stereocenters. The van der Waals surface area contributed by atoms with Gasteiger partial charge in [-0.2, -0.15) is 0 Å². The topological polar surface area (TPSA) is 65.0 Å². The second-order valence-electron chi connectivity index (χ2n) is 10.8. The Hall–Kier alpha value is -3.05. The number of esters is 1. The van der Waals surface area contributed by atoms with Gasteiger partial charge in [0.05, 0.1) is 17.6 Å². The molecule has 5 heteroatoms. The Balaban J connectivity index is 1.51. The summed E-state index contributed by atoms with van der Waals surface area (Å²) in [4.78, 5) is 31.7. The first-order valence-corrected chi connectivity index (χ1v) is 12.6. The third-order valence-electron chi connectivity index (χ3n) is 7.38. The molecule has 3 unspecified atom stereocenters. The van der Waals surface area contributed by atoms with Crippen LogP contribution in [-0.2, 0) is 19.1 Å². The molecule has 35 heavy (non-hydrogen) atoms. The summed E-state index contributed by atoms with van der Waals surface area (Å²) >= 11 is 0. The highest BCUT2D eigenvalue weighted by molar-refractivity contribution is 6.12. The van der Waals surface area contributed by atoms with E-state index in [9.17, 15) is 9.59 Å². The first kappa shape index (κ1) is 23.7. The van der Waals surface area contributed by atoms with Gasteiger partial charge in [-0.15, -0.1) is 0 Å². The number of carbonyl (C=O) groups is 2. The lowest BCUT2D eigenvalue weighted by Gasteiger charge is -2.41. The molecule has 2 heterocycles. The van der Waals surface area contributed by atoms with Crippen molar-refractivity contribution in [3.8, 4) is 11.1 Å². The summed E-state index contributed by atoms with van der Waals surface area (Å²) in [6.07, 6.45) is 3.06. The summed E-state index contributed by atoms with van der Waals surface area (Å²) in [5, 5.41) is 0. The summed E-state index contributed by atoms with van der Waals surface area (Å²) in [6, 6.07) is 18.4. The predicted molar refractivity (Wildman–Crippen MR) is 136 cm³/mol. The second-order valence-corrected chi connectivity index (χ2v) is 10.8. The monoisotopic (exact) mass is 471 g/mol. The number of allylic oxidation sites excluding steroid dienone is 1. The third-order valence-corrected chi connectivity index (χ3v) is 7.38. The van der Waals surface area contributed by atoms with Gasteiger partial charge in [0.1, 0.15) is 12.4 Å². The van der Waals surface area contributed by atoms with Gasteiger partial charge in [-0.1, -0.05) is 68.4 Å². The van der Waals surface area contributed by atoms with E-state index in [-0.39, 0.29) is 23.9 Å². The van der Waals surface area contributed by atoms with Gasteiger partial charge in [0.2, 0.25) is 0 Å². The van der Waals surface area contributed by atoms with E-state index < -0.39 is 17.8 Å². The molecule has 0 amide bonds. The summed E-state index contributed by atoms with van der Waals surface area (Å²) in [5.74, 6) is -1.07. The van der Waals surface area contributed by atoms with E-state index in [1.807, 2.05) is 37.3 Å². The molecule has 0 N–H and O–H groups in total. The number of aliphatic imine (C=N–C) groups is 1. The van der Waals surface area contributed by atoms with Gasteiger partial charge in [-0.25, -0.2) is 4.79 Å². The first-order valence-electron chi connectivity index (χ1n) is 12.6. The smallest absolute Gasteiger partial charge is 0.336 e. The summed E-state index contributed by atoms with van der Waals surface area (Å²) in [7, 11) is 0. The lowest BCUT2D eigenvalue weighted by molar-refractivity contribution is -0.142. The number of hydrogen-bond acceptors (Lipinski definition) is 5. The largest absolute Gasteiger partial charge is 0.460 e. The fourth-order valence-electron chi connectivity index (χ4n) is 5.75. The third kappa shape index (κ3) is 4.87. The Labute approximate surface area is 207 Å². The number of ether oxygens (including phenoxy) is 2. The Morgan fingerprint density at radius 1 is 1.03 bits per heavy atom. The van der Waals surface area contributed by atoms with E-state index in [1.165, 1.54) is 0 Å². The van der Waals surface area contributed by atoms with Crippen LogP contribution in [0.3, 0.4) is 0 Å². The number of Topliss-reactive ketones (excluding diaryl/α,β-unsaturated/α-hetero) is 1. The molecule has 5 nitrogen and oxygen atoms in total. The zero-order valence-corrected chi connectivity index (χ0v) is 20.8. The van der Waals surface area contributed by atoms with Crippen LogP contribution in [-0.4, -0.2) is 36.8 Å². The molecular weight excluding hydrogens is 438 g/mol. The highest BCUT2D eigenvalue weighted by Crippen LogP contribution is 2.47. The number of ketones is 1. The van der Waals surface area contributed by atoms with E-state index in [0.717, 1.165) is 41.7 Å². The molecule has 5 rings (SSSR count). The molecule has 0 aromatic heterocycles. The lowest BCUT2D eigenvalue weighted by atomic mass is 9.63. The maximum Gasteiger partial charge on any atom is 0.336 e. The van der Waals surface area contributed by atoms with Crippen molar-refractivity contribution in [3.63, 3.8) is 0 Å². The molecule has 2 aliphatic heterocycles. The fraction of sp³-hybridized carbons (Fsp3) is 0.433. The van der Waals surface area contributed by atoms with Gasteiger partial charge in [-0.05, 0) is 48.3 Å². The van der Waals surface area contributed by atoms with Gasteiger partial charge in [0, 0.05) is 30.4 Å². The molecule has 1 saturated carbocycles. The molecule has 1 aliphatic carbocycles. The number of benzene rings is 2. The van der Waals surface area contributed by atoms with Crippen LogP contribution in [0.2, 0.25) is 0 Å². The van der Waals surface area contributed by atoms with Gasteiger partial charge in [0.15, 0.2) is 0 Å². The molecular formula is C30H33NO4. The predicted octanol–water partition coefficient (Wildman–Crippen LogP) is 5.89. The van der Waals surface area contributed by atoms with Crippen LogP contribution in [0.25, 0.3) is 11.1 Å². The number of hydrogen-bond donors (Lipinski definition) is 0. The van der Waals surface area contributed by atoms with Crippen LogP contribution in [0.5, 0.6) is 0 Å². The Kier molecular flexibility index (Phi) is 6.45. The zero-order valence-electron chi connectivity index (χ0n) is 20.8. The molecule has 2 aromatic rings. The van der Waals surface area contributed by atoms with Crippen molar-refractivity contribution in [1.29, 1.82) is 0 Å². The Bertz CT molecular complexity index is 1170. The standard InChI is InChI=1S/C30H33NO4/c1-19-26(29(33)35-18-23-10-7-15-34-23)27(28-24(31-19)16-30(2,3)17-25(28)32)22-13-11-21(12-14-22)20-8-5-4-6-9-20/h4-6,8-9,11-14,23,27-28H,7,10,15-18H2,1-3H3. The van der Waals surface area contributed by atoms with Crippen molar-refractivity contribution in [1.82, 2.24) is 0 Å². The average Bonchev–Trinajstić information content (AvgIpc) is 3.35. The van der Waals surface area contributed by atoms with Crippen LogP contribution < -0.4 is 0 Å². The molecule has 0 radical (unpaired) electrons. The molecule has 1 saturated heterocycles. The van der Waals surface area contributed by atoms with Crippen molar-refractivity contribution >= 4 is 17.5 Å². The SMILES string of the molecule is CC1=C(C(=O)OCC2CCCO2)C(c2ccc(-c3ccccc3)cc2)C2C(=O)CC(C)(C)CC2=N1. The van der Waals surface area contributed by atoms with Gasteiger partial charge < -0.3 is 9.47 Å². The summed E-state index contributed by atoms with van der Waals surface area (Å²) < 4.78 is 11.4. The van der Waals surface area contributed by atoms with Crippen LogP contribution in [0, 0.1) is 11.3 Å². The molecule has 0 spiro atoms. The first-order chi connectivity index (χ1) is 16.8. The minimum atomic E-state index is -0.431. The zero-order chi connectivity index (χ0) is 24.6. The number of rotatable bonds is 5. The molecule has 3 aliphatic rings. The van der Waals surface area contributed by atoms with Crippen molar-refractivity contribution in [2.24, 2.45) is 16.3 Å². The van der Waals surface area contributed by atoms with Crippen molar-refractivity contribution in [3.05, 3.63) is 71.4 Å². The van der Waals surface area contributed by atoms with Crippen LogP contribution >= 0.6 is 0 Å². The lowest BCUT2D eigenvalue weighted by Crippen LogP contribution is -2.44. The van der Waals surface area contributed by atoms with Crippen LogP contribution in [0.4, 0.5) is 0 Å². The molecule has 182 valence electrons. The normalized spacial score (nSPS) is 25.7. The highest BCUT2D eigenvalue weighted by Gasteiger charge is 2.47. The van der Waals surface area contributed by atoms with Crippen LogP contribution in [0.1, 0.15) is 57.9 Å². The van der Waals surface area contributed by atoms with E-state index in [1.54, 1.807) is 0 Å².